The number of thioether (sulfide) groups is 1. The Bertz CT molecular complexity index is 1270. The summed E-state index contributed by atoms with van der Waals surface area (Å²) >= 11 is 13.6. The number of carbonyl (C=O) groups is 3. The van der Waals surface area contributed by atoms with Crippen molar-refractivity contribution in [2.75, 3.05) is 25.6 Å². The molecule has 4 rings (SSSR count). The number of aryl methyl sites for hydroxylation is 1. The predicted octanol–water partition coefficient (Wildman–Crippen LogP) is 4.65. The summed E-state index contributed by atoms with van der Waals surface area (Å²) < 4.78 is 17.7. The number of Topliss-reactive ketones (excluding diaryl/α,β-unsaturated/α-hetero) is 1. The number of ketones is 1. The Morgan fingerprint density at radius 1 is 1.14 bits per heavy atom. The Morgan fingerprint density at radius 3 is 2.57 bits per heavy atom. The third-order valence-corrected chi connectivity index (χ3v) is 6.96. The van der Waals surface area contributed by atoms with E-state index in [4.69, 9.17) is 37.4 Å². The van der Waals surface area contributed by atoms with Gasteiger partial charge in [-0.25, -0.2) is 0 Å². The number of benzene rings is 2. The molecular formula is C24H20Cl2N2O6S. The van der Waals surface area contributed by atoms with Gasteiger partial charge in [0.25, 0.3) is 0 Å². The molecule has 1 aliphatic heterocycles. The molecule has 0 spiro atoms. The number of ether oxygens (including phenoxy) is 3. The first-order valence-corrected chi connectivity index (χ1v) is 12.3. The van der Waals surface area contributed by atoms with Gasteiger partial charge in [-0.15, -0.1) is 0 Å². The van der Waals surface area contributed by atoms with Gasteiger partial charge in [-0.1, -0.05) is 41.0 Å². The Labute approximate surface area is 215 Å². The highest BCUT2D eigenvalue weighted by molar-refractivity contribution is 8.00. The van der Waals surface area contributed by atoms with Crippen LogP contribution < -0.4 is 9.47 Å². The minimum absolute atomic E-state index is 0.128. The van der Waals surface area contributed by atoms with Gasteiger partial charge in [-0.05, 0) is 37.3 Å². The molecule has 2 aromatic carbocycles. The number of aromatic nitrogens is 2. The zero-order valence-corrected chi connectivity index (χ0v) is 20.9. The van der Waals surface area contributed by atoms with Gasteiger partial charge in [0.15, 0.2) is 30.2 Å². The minimum Gasteiger partial charge on any atom is -0.486 e. The van der Waals surface area contributed by atoms with E-state index in [0.717, 1.165) is 11.8 Å². The largest absolute Gasteiger partial charge is 0.486 e. The van der Waals surface area contributed by atoms with Crippen molar-refractivity contribution >= 4 is 53.0 Å². The standard InChI is InChI=1S/C24H20Cl2N2O6S/c1-14-17(11-29)24(28(27-14)10-16-18(25)3-2-4-19(16)26)35-13-23(31)34-12-20(30)15-5-6-21-22(9-15)33-8-7-32-21/h2-6,9,11H,7-8,10,12-13H2,1H3. The van der Waals surface area contributed by atoms with Gasteiger partial charge >= 0.3 is 5.97 Å². The maximum Gasteiger partial charge on any atom is 0.316 e. The van der Waals surface area contributed by atoms with Crippen molar-refractivity contribution in [2.45, 2.75) is 18.5 Å². The van der Waals surface area contributed by atoms with Crippen molar-refractivity contribution in [1.82, 2.24) is 9.78 Å². The molecule has 0 saturated carbocycles. The van der Waals surface area contributed by atoms with Crippen LogP contribution in [0.1, 0.15) is 32.0 Å². The van der Waals surface area contributed by atoms with E-state index in [1.807, 2.05) is 0 Å². The fourth-order valence-electron chi connectivity index (χ4n) is 3.42. The zero-order chi connectivity index (χ0) is 24.9. The van der Waals surface area contributed by atoms with Crippen LogP contribution in [0.2, 0.25) is 10.0 Å². The highest BCUT2D eigenvalue weighted by Gasteiger charge is 2.20. The van der Waals surface area contributed by atoms with E-state index >= 15 is 0 Å². The lowest BCUT2D eigenvalue weighted by Crippen LogP contribution is -2.18. The summed E-state index contributed by atoms with van der Waals surface area (Å²) in [5, 5.41) is 5.81. The summed E-state index contributed by atoms with van der Waals surface area (Å²) in [7, 11) is 0. The number of halogens is 2. The van der Waals surface area contributed by atoms with E-state index in [9.17, 15) is 14.4 Å². The second-order valence-electron chi connectivity index (χ2n) is 7.51. The van der Waals surface area contributed by atoms with Crippen molar-refractivity contribution in [2.24, 2.45) is 0 Å². The second-order valence-corrected chi connectivity index (χ2v) is 9.29. The summed E-state index contributed by atoms with van der Waals surface area (Å²) in [5.74, 6) is -0.0664. The summed E-state index contributed by atoms with van der Waals surface area (Å²) in [6, 6.07) is 9.96. The van der Waals surface area contributed by atoms with Gasteiger partial charge in [-0.2, -0.15) is 5.10 Å². The van der Waals surface area contributed by atoms with Crippen LogP contribution in [0.4, 0.5) is 0 Å². The van der Waals surface area contributed by atoms with Gasteiger partial charge in [0.05, 0.1) is 23.6 Å². The first-order valence-electron chi connectivity index (χ1n) is 10.5. The number of nitrogens with zero attached hydrogens (tertiary/aromatic N) is 2. The van der Waals surface area contributed by atoms with E-state index < -0.39 is 12.6 Å². The molecule has 1 aromatic heterocycles. The smallest absolute Gasteiger partial charge is 0.316 e. The Morgan fingerprint density at radius 2 is 1.86 bits per heavy atom. The van der Waals surface area contributed by atoms with Crippen LogP contribution in [0.3, 0.4) is 0 Å². The molecule has 0 amide bonds. The average molecular weight is 535 g/mol. The molecule has 2 heterocycles. The lowest BCUT2D eigenvalue weighted by atomic mass is 10.1. The highest BCUT2D eigenvalue weighted by Crippen LogP contribution is 2.31. The molecule has 0 unspecified atom stereocenters. The van der Waals surface area contributed by atoms with Crippen molar-refractivity contribution < 1.29 is 28.6 Å². The van der Waals surface area contributed by atoms with Gasteiger partial charge in [0.1, 0.15) is 18.2 Å². The Hall–Kier alpha value is -3.01. The normalized spacial score (nSPS) is 12.3. The molecule has 0 bridgehead atoms. The van der Waals surface area contributed by atoms with E-state index in [1.165, 1.54) is 0 Å². The molecule has 1 aliphatic rings. The molecule has 11 heteroatoms. The quantitative estimate of drug-likeness (QED) is 0.169. The van der Waals surface area contributed by atoms with Crippen LogP contribution in [0.5, 0.6) is 11.5 Å². The fourth-order valence-corrected chi connectivity index (χ4v) is 4.88. The molecule has 3 aromatic rings. The fraction of sp³-hybridized carbons (Fsp3) is 0.250. The highest BCUT2D eigenvalue weighted by atomic mass is 35.5. The van der Waals surface area contributed by atoms with Crippen LogP contribution in [-0.4, -0.2) is 53.4 Å². The average Bonchev–Trinajstić information content (AvgIpc) is 3.16. The van der Waals surface area contributed by atoms with Crippen LogP contribution in [-0.2, 0) is 16.1 Å². The van der Waals surface area contributed by atoms with Crippen LogP contribution in [0, 0.1) is 6.92 Å². The predicted molar refractivity (Wildman–Crippen MR) is 131 cm³/mol. The number of hydrogen-bond donors (Lipinski definition) is 0. The van der Waals surface area contributed by atoms with Crippen molar-refractivity contribution in [3.63, 3.8) is 0 Å². The van der Waals surface area contributed by atoms with Crippen molar-refractivity contribution in [1.29, 1.82) is 0 Å². The maximum absolute atomic E-state index is 12.5. The maximum atomic E-state index is 12.5. The molecular weight excluding hydrogens is 515 g/mol. The summed E-state index contributed by atoms with van der Waals surface area (Å²) in [5.41, 5.74) is 1.86. The molecule has 0 atom stereocenters. The Kier molecular flexibility index (Phi) is 8.00. The summed E-state index contributed by atoms with van der Waals surface area (Å²) in [6.07, 6.45) is 0.687. The third kappa shape index (κ3) is 5.80. The van der Waals surface area contributed by atoms with Gasteiger partial charge < -0.3 is 14.2 Å². The molecule has 0 radical (unpaired) electrons. The third-order valence-electron chi connectivity index (χ3n) is 5.17. The van der Waals surface area contributed by atoms with E-state index in [1.54, 1.807) is 48.0 Å². The lowest BCUT2D eigenvalue weighted by Gasteiger charge is -2.18. The number of carbonyl (C=O) groups excluding carboxylic acids is 3. The molecule has 0 N–H and O–H groups in total. The number of fused-ring (bicyclic) bond motifs is 1. The van der Waals surface area contributed by atoms with Crippen molar-refractivity contribution in [3.8, 4) is 11.5 Å². The molecule has 0 saturated heterocycles. The monoisotopic (exact) mass is 534 g/mol. The molecule has 8 nitrogen and oxygen atoms in total. The molecule has 0 aliphatic carbocycles. The first kappa shape index (κ1) is 25.1. The van der Waals surface area contributed by atoms with E-state index in [-0.39, 0.29) is 18.1 Å². The second kappa shape index (κ2) is 11.2. The minimum atomic E-state index is -0.612. The molecule has 0 fully saturated rings. The lowest BCUT2D eigenvalue weighted by molar-refractivity contribution is -0.139. The van der Waals surface area contributed by atoms with E-state index in [0.29, 0.717) is 68.5 Å². The molecule has 35 heavy (non-hydrogen) atoms. The topological polar surface area (TPSA) is 96.7 Å². The Balaban J connectivity index is 1.39. The van der Waals surface area contributed by atoms with Gasteiger partial charge in [-0.3, -0.25) is 19.1 Å². The number of aldehydes is 1. The summed E-state index contributed by atoms with van der Waals surface area (Å²) in [4.78, 5) is 36.5. The zero-order valence-electron chi connectivity index (χ0n) is 18.6. The first-order chi connectivity index (χ1) is 16.9. The van der Waals surface area contributed by atoms with E-state index in [2.05, 4.69) is 5.10 Å². The number of esters is 1. The van der Waals surface area contributed by atoms with Crippen LogP contribution in [0.15, 0.2) is 41.4 Å². The van der Waals surface area contributed by atoms with Crippen LogP contribution >= 0.6 is 35.0 Å². The number of hydrogen-bond acceptors (Lipinski definition) is 8. The van der Waals surface area contributed by atoms with Crippen LogP contribution in [0.25, 0.3) is 0 Å². The molecule has 182 valence electrons. The van der Waals surface area contributed by atoms with Crippen molar-refractivity contribution in [3.05, 3.63) is 68.8 Å². The summed E-state index contributed by atoms with van der Waals surface area (Å²) in [6.45, 7) is 2.34. The number of rotatable bonds is 9. The SMILES string of the molecule is Cc1nn(Cc2c(Cl)cccc2Cl)c(SCC(=O)OCC(=O)c2ccc3c(c2)OCCO3)c1C=O. The van der Waals surface area contributed by atoms with Gasteiger partial charge in [0, 0.05) is 21.2 Å². The van der Waals surface area contributed by atoms with Gasteiger partial charge in [0.2, 0.25) is 0 Å².